The van der Waals surface area contributed by atoms with Crippen LogP contribution in [-0.4, -0.2) is 36.0 Å². The molecule has 158 valence electrons. The highest BCUT2D eigenvalue weighted by Gasteiger charge is 2.25. The van der Waals surface area contributed by atoms with Crippen LogP contribution in [-0.2, 0) is 10.0 Å². The summed E-state index contributed by atoms with van der Waals surface area (Å²) in [7, 11) is -3.66. The fraction of sp³-hybridized carbons (Fsp3) is 0.160. The summed E-state index contributed by atoms with van der Waals surface area (Å²) in [5, 5.41) is 0. The first kappa shape index (κ1) is 21.0. The van der Waals surface area contributed by atoms with E-state index in [1.54, 1.807) is 32.0 Å². The predicted molar refractivity (Wildman–Crippen MR) is 123 cm³/mol. The Bertz CT molecular complexity index is 1340. The van der Waals surface area contributed by atoms with Crippen LogP contribution in [0.3, 0.4) is 0 Å². The lowest BCUT2D eigenvalue weighted by molar-refractivity contribution is 0.103. The second-order valence-electron chi connectivity index (χ2n) is 7.21. The number of aromatic nitrogens is 1. The first-order valence-electron chi connectivity index (χ1n) is 10.3. The van der Waals surface area contributed by atoms with Crippen molar-refractivity contribution in [3.8, 4) is 11.1 Å². The normalized spacial score (nSPS) is 11.8. The standard InChI is InChI=1S/C25H24N2O3S/c1-3-26(4-2)31(29,30)22-15-10-13-20(17-22)25(28)24-23(19-11-6-5-7-12-19)18-21-14-8-9-16-27(21)24/h5-18H,3-4H2,1-2H3. The maximum Gasteiger partial charge on any atom is 0.243 e. The van der Waals surface area contributed by atoms with Gasteiger partial charge >= 0.3 is 0 Å². The molecule has 0 saturated heterocycles. The van der Waals surface area contributed by atoms with Crippen molar-refractivity contribution in [2.45, 2.75) is 18.7 Å². The largest absolute Gasteiger partial charge is 0.313 e. The van der Waals surface area contributed by atoms with Gasteiger partial charge in [-0.05, 0) is 35.9 Å². The lowest BCUT2D eigenvalue weighted by atomic mass is 10.0. The first-order valence-corrected chi connectivity index (χ1v) is 11.7. The zero-order chi connectivity index (χ0) is 22.0. The molecular formula is C25H24N2O3S. The maximum absolute atomic E-state index is 13.7. The van der Waals surface area contributed by atoms with Crippen LogP contribution in [0.2, 0.25) is 0 Å². The topological polar surface area (TPSA) is 58.9 Å². The van der Waals surface area contributed by atoms with Crippen LogP contribution in [0.5, 0.6) is 0 Å². The number of carbonyl (C=O) groups excluding carboxylic acids is 1. The molecule has 0 bridgehead atoms. The van der Waals surface area contributed by atoms with Gasteiger partial charge in [-0.1, -0.05) is 62.4 Å². The Labute approximate surface area is 182 Å². The third-order valence-corrected chi connectivity index (χ3v) is 7.46. The number of nitrogens with zero attached hydrogens (tertiary/aromatic N) is 2. The highest BCUT2D eigenvalue weighted by atomic mass is 32.2. The van der Waals surface area contributed by atoms with Gasteiger partial charge in [0, 0.05) is 35.9 Å². The van der Waals surface area contributed by atoms with Gasteiger partial charge in [-0.25, -0.2) is 8.42 Å². The molecule has 0 spiro atoms. The number of rotatable bonds is 7. The minimum absolute atomic E-state index is 0.129. The summed E-state index contributed by atoms with van der Waals surface area (Å²) in [5.41, 5.74) is 3.50. The van der Waals surface area contributed by atoms with E-state index in [1.807, 2.05) is 65.2 Å². The number of pyridine rings is 1. The third kappa shape index (κ3) is 3.80. The van der Waals surface area contributed by atoms with Crippen LogP contribution in [0.15, 0.2) is 90.0 Å². The molecule has 2 heterocycles. The Kier molecular flexibility index (Phi) is 5.76. The Balaban J connectivity index is 1.87. The smallest absolute Gasteiger partial charge is 0.243 e. The van der Waals surface area contributed by atoms with Crippen molar-refractivity contribution in [1.82, 2.24) is 8.71 Å². The molecule has 0 aliphatic carbocycles. The second kappa shape index (κ2) is 8.49. The SMILES string of the molecule is CCN(CC)S(=O)(=O)c1cccc(C(=O)c2c(-c3ccccc3)cc3ccccn23)c1. The monoisotopic (exact) mass is 432 g/mol. The quantitative estimate of drug-likeness (QED) is 0.392. The van der Waals surface area contributed by atoms with Crippen molar-refractivity contribution >= 4 is 21.3 Å². The summed E-state index contributed by atoms with van der Waals surface area (Å²) in [4.78, 5) is 13.8. The van der Waals surface area contributed by atoms with Gasteiger partial charge in [-0.2, -0.15) is 4.31 Å². The summed E-state index contributed by atoms with van der Waals surface area (Å²) < 4.78 is 29.2. The van der Waals surface area contributed by atoms with Crippen LogP contribution in [0.1, 0.15) is 29.9 Å². The minimum Gasteiger partial charge on any atom is -0.313 e. The van der Waals surface area contributed by atoms with Crippen molar-refractivity contribution < 1.29 is 13.2 Å². The van der Waals surface area contributed by atoms with Gasteiger partial charge in [-0.3, -0.25) is 4.79 Å². The number of hydrogen-bond acceptors (Lipinski definition) is 3. The van der Waals surface area contributed by atoms with Crippen molar-refractivity contribution in [2.24, 2.45) is 0 Å². The van der Waals surface area contributed by atoms with E-state index in [9.17, 15) is 13.2 Å². The molecule has 0 radical (unpaired) electrons. The molecule has 0 aliphatic rings. The fourth-order valence-corrected chi connectivity index (χ4v) is 5.34. The van der Waals surface area contributed by atoms with E-state index in [0.29, 0.717) is 24.3 Å². The molecule has 0 unspecified atom stereocenters. The van der Waals surface area contributed by atoms with Gasteiger partial charge in [0.25, 0.3) is 0 Å². The van der Waals surface area contributed by atoms with E-state index >= 15 is 0 Å². The fourth-order valence-electron chi connectivity index (χ4n) is 3.84. The lowest BCUT2D eigenvalue weighted by Crippen LogP contribution is -2.30. The summed E-state index contributed by atoms with van der Waals surface area (Å²) >= 11 is 0. The van der Waals surface area contributed by atoms with Crippen LogP contribution >= 0.6 is 0 Å². The first-order chi connectivity index (χ1) is 15.0. The number of sulfonamides is 1. The van der Waals surface area contributed by atoms with Crippen LogP contribution < -0.4 is 0 Å². The molecule has 0 atom stereocenters. The molecule has 31 heavy (non-hydrogen) atoms. The summed E-state index contributed by atoms with van der Waals surface area (Å²) in [5.74, 6) is -0.221. The molecule has 0 aliphatic heterocycles. The molecule has 2 aromatic carbocycles. The zero-order valence-electron chi connectivity index (χ0n) is 17.5. The second-order valence-corrected chi connectivity index (χ2v) is 9.15. The van der Waals surface area contributed by atoms with Gasteiger partial charge in [0.1, 0.15) is 5.69 Å². The third-order valence-electron chi connectivity index (χ3n) is 5.42. The summed E-state index contributed by atoms with van der Waals surface area (Å²) in [6.45, 7) is 4.35. The highest BCUT2D eigenvalue weighted by Crippen LogP contribution is 2.30. The Morgan fingerprint density at radius 3 is 2.29 bits per heavy atom. The molecule has 6 heteroatoms. The average molecular weight is 433 g/mol. The predicted octanol–water partition coefficient (Wildman–Crippen LogP) is 4.87. The van der Waals surface area contributed by atoms with Gasteiger partial charge in [-0.15, -0.1) is 0 Å². The van der Waals surface area contributed by atoms with E-state index in [1.165, 1.54) is 10.4 Å². The average Bonchev–Trinajstić information content (AvgIpc) is 3.19. The zero-order valence-corrected chi connectivity index (χ0v) is 18.3. The number of carbonyl (C=O) groups is 1. The molecule has 0 N–H and O–H groups in total. The molecule has 0 saturated carbocycles. The summed E-state index contributed by atoms with van der Waals surface area (Å²) in [6.07, 6.45) is 1.85. The maximum atomic E-state index is 13.7. The summed E-state index contributed by atoms with van der Waals surface area (Å²) in [6, 6.07) is 23.8. The molecule has 2 aromatic heterocycles. The van der Waals surface area contributed by atoms with Crippen LogP contribution in [0.4, 0.5) is 0 Å². The molecule has 4 aromatic rings. The Hall–Kier alpha value is -3.22. The van der Waals surface area contributed by atoms with E-state index in [4.69, 9.17) is 0 Å². The lowest BCUT2D eigenvalue weighted by Gasteiger charge is -2.18. The van der Waals surface area contributed by atoms with Gasteiger partial charge in [0.2, 0.25) is 15.8 Å². The number of fused-ring (bicyclic) bond motifs is 1. The molecule has 0 amide bonds. The van der Waals surface area contributed by atoms with E-state index in [-0.39, 0.29) is 10.7 Å². The van der Waals surface area contributed by atoms with E-state index in [2.05, 4.69) is 0 Å². The number of ketones is 1. The molecule has 5 nitrogen and oxygen atoms in total. The Morgan fingerprint density at radius 2 is 1.58 bits per heavy atom. The van der Waals surface area contributed by atoms with Crippen molar-refractivity contribution in [2.75, 3.05) is 13.1 Å². The minimum atomic E-state index is -3.66. The van der Waals surface area contributed by atoms with Crippen molar-refractivity contribution in [3.05, 3.63) is 96.3 Å². The number of hydrogen-bond donors (Lipinski definition) is 0. The van der Waals surface area contributed by atoms with Gasteiger partial charge < -0.3 is 4.40 Å². The van der Waals surface area contributed by atoms with Crippen molar-refractivity contribution in [1.29, 1.82) is 0 Å². The number of benzene rings is 2. The van der Waals surface area contributed by atoms with Crippen LogP contribution in [0.25, 0.3) is 16.6 Å². The van der Waals surface area contributed by atoms with E-state index < -0.39 is 10.0 Å². The van der Waals surface area contributed by atoms with Crippen LogP contribution in [0, 0.1) is 0 Å². The molecule has 4 rings (SSSR count). The highest BCUT2D eigenvalue weighted by molar-refractivity contribution is 7.89. The molecular weight excluding hydrogens is 408 g/mol. The Morgan fingerprint density at radius 1 is 0.871 bits per heavy atom. The van der Waals surface area contributed by atoms with E-state index in [0.717, 1.165) is 16.6 Å². The van der Waals surface area contributed by atoms with Gasteiger partial charge in [0.05, 0.1) is 4.90 Å². The molecule has 0 fully saturated rings. The van der Waals surface area contributed by atoms with Crippen molar-refractivity contribution in [3.63, 3.8) is 0 Å². The van der Waals surface area contributed by atoms with Gasteiger partial charge in [0.15, 0.2) is 0 Å².